The summed E-state index contributed by atoms with van der Waals surface area (Å²) in [5, 5.41) is 18.5. The van der Waals surface area contributed by atoms with Gasteiger partial charge in [-0.25, -0.2) is 0 Å². The SMILES string of the molecule is O=C1NC(=O)C(O)=C1O. The van der Waals surface area contributed by atoms with Crippen molar-refractivity contribution in [2.24, 2.45) is 0 Å². The summed E-state index contributed by atoms with van der Waals surface area (Å²) in [5.41, 5.74) is 0. The number of carbonyl (C=O) groups is 2. The zero-order valence-corrected chi connectivity index (χ0v) is 4.21. The Kier molecular flexibility index (Phi) is 0.921. The quantitative estimate of drug-likeness (QED) is 0.365. The summed E-state index contributed by atoms with van der Waals surface area (Å²) in [7, 11) is 0. The molecule has 0 unspecified atom stereocenters. The molecule has 0 aromatic rings. The van der Waals surface area contributed by atoms with Gasteiger partial charge in [0.15, 0.2) is 0 Å². The van der Waals surface area contributed by atoms with E-state index in [9.17, 15) is 9.59 Å². The summed E-state index contributed by atoms with van der Waals surface area (Å²) in [6.45, 7) is 0. The van der Waals surface area contributed by atoms with Crippen molar-refractivity contribution in [2.45, 2.75) is 0 Å². The molecule has 9 heavy (non-hydrogen) atoms. The molecule has 1 aliphatic heterocycles. The topological polar surface area (TPSA) is 86.6 Å². The molecule has 0 aromatic carbocycles. The molecule has 5 nitrogen and oxygen atoms in total. The van der Waals surface area contributed by atoms with Crippen LogP contribution in [0.3, 0.4) is 0 Å². The zero-order chi connectivity index (χ0) is 7.02. The second kappa shape index (κ2) is 1.48. The molecule has 2 amide bonds. The predicted octanol–water partition coefficient (Wildman–Crippen LogP) is -1.03. The van der Waals surface area contributed by atoms with E-state index in [2.05, 4.69) is 0 Å². The van der Waals surface area contributed by atoms with Gasteiger partial charge in [0.05, 0.1) is 0 Å². The van der Waals surface area contributed by atoms with Crippen LogP contribution >= 0.6 is 0 Å². The standard InChI is InChI=1S/C4H3NO4/c6-1-2(7)4(9)5-3(1)8/h(H3,5,6,7,8,9). The molecule has 0 aliphatic carbocycles. The second-order valence-electron chi connectivity index (χ2n) is 1.48. The lowest BCUT2D eigenvalue weighted by molar-refractivity contribution is -0.125. The minimum Gasteiger partial charge on any atom is -0.500 e. The minimum absolute atomic E-state index is 0.917. The number of aliphatic hydroxyl groups is 2. The molecule has 0 aromatic heterocycles. The third kappa shape index (κ3) is 0.620. The van der Waals surface area contributed by atoms with E-state index in [0.29, 0.717) is 0 Å². The number of hydrogen-bond donors (Lipinski definition) is 3. The summed E-state index contributed by atoms with van der Waals surface area (Å²) in [6.07, 6.45) is 0. The zero-order valence-electron chi connectivity index (χ0n) is 4.21. The van der Waals surface area contributed by atoms with Gasteiger partial charge in [-0.3, -0.25) is 14.9 Å². The van der Waals surface area contributed by atoms with E-state index in [1.54, 1.807) is 5.32 Å². The number of amides is 2. The van der Waals surface area contributed by atoms with Gasteiger partial charge in [-0.1, -0.05) is 0 Å². The summed E-state index contributed by atoms with van der Waals surface area (Å²) in [5.74, 6) is -3.75. The van der Waals surface area contributed by atoms with Crippen molar-refractivity contribution in [1.29, 1.82) is 0 Å². The summed E-state index contributed by atoms with van der Waals surface area (Å²) in [4.78, 5) is 20.4. The van der Waals surface area contributed by atoms with E-state index >= 15 is 0 Å². The van der Waals surface area contributed by atoms with E-state index in [-0.39, 0.29) is 0 Å². The van der Waals surface area contributed by atoms with Crippen LogP contribution in [-0.4, -0.2) is 22.0 Å². The van der Waals surface area contributed by atoms with Crippen molar-refractivity contribution in [3.8, 4) is 0 Å². The van der Waals surface area contributed by atoms with Gasteiger partial charge < -0.3 is 10.2 Å². The Labute approximate surface area is 49.6 Å². The highest BCUT2D eigenvalue weighted by Crippen LogP contribution is 2.04. The van der Waals surface area contributed by atoms with Crippen molar-refractivity contribution in [3.63, 3.8) is 0 Å². The Morgan fingerprint density at radius 3 is 1.44 bits per heavy atom. The van der Waals surface area contributed by atoms with Crippen molar-refractivity contribution in [1.82, 2.24) is 5.32 Å². The highest BCUT2D eigenvalue weighted by Gasteiger charge is 2.29. The first kappa shape index (κ1) is 5.61. The molecule has 1 aliphatic rings. The number of nitrogens with one attached hydrogen (secondary N) is 1. The van der Waals surface area contributed by atoms with Crippen LogP contribution in [0.25, 0.3) is 0 Å². The monoisotopic (exact) mass is 129 g/mol. The van der Waals surface area contributed by atoms with Gasteiger partial charge in [0, 0.05) is 0 Å². The molecule has 0 saturated heterocycles. The fourth-order valence-corrected chi connectivity index (χ4v) is 0.437. The van der Waals surface area contributed by atoms with Crippen LogP contribution in [0, 0.1) is 0 Å². The number of hydrogen-bond acceptors (Lipinski definition) is 4. The molecule has 1 rings (SSSR count). The summed E-state index contributed by atoms with van der Waals surface area (Å²) in [6, 6.07) is 0. The Morgan fingerprint density at radius 2 is 1.33 bits per heavy atom. The van der Waals surface area contributed by atoms with E-state index in [1.807, 2.05) is 0 Å². The van der Waals surface area contributed by atoms with Gasteiger partial charge in [-0.2, -0.15) is 0 Å². The third-order valence-electron chi connectivity index (χ3n) is 0.882. The van der Waals surface area contributed by atoms with Crippen molar-refractivity contribution in [3.05, 3.63) is 11.5 Å². The Hall–Kier alpha value is -1.52. The molecule has 0 fully saturated rings. The van der Waals surface area contributed by atoms with Crippen LogP contribution in [-0.2, 0) is 9.59 Å². The smallest absolute Gasteiger partial charge is 0.297 e. The number of aliphatic hydroxyl groups excluding tert-OH is 2. The van der Waals surface area contributed by atoms with Crippen LogP contribution in [0.4, 0.5) is 0 Å². The van der Waals surface area contributed by atoms with Gasteiger partial charge in [-0.15, -0.1) is 0 Å². The molecule has 0 saturated carbocycles. The highest BCUT2D eigenvalue weighted by atomic mass is 16.3. The fraction of sp³-hybridized carbons (Fsp3) is 0. The fourth-order valence-electron chi connectivity index (χ4n) is 0.437. The van der Waals surface area contributed by atoms with Gasteiger partial charge in [0.25, 0.3) is 11.8 Å². The van der Waals surface area contributed by atoms with Crippen LogP contribution in [0.15, 0.2) is 11.5 Å². The average Bonchev–Trinajstić information content (AvgIpc) is 1.98. The molecule has 0 atom stereocenters. The molecule has 0 bridgehead atoms. The number of carbonyl (C=O) groups excluding carboxylic acids is 2. The first-order valence-electron chi connectivity index (χ1n) is 2.11. The lowest BCUT2D eigenvalue weighted by Gasteiger charge is -1.82. The molecule has 5 heteroatoms. The Bertz CT molecular complexity index is 195. The maximum Gasteiger partial charge on any atom is 0.297 e. The minimum atomic E-state index is -0.961. The van der Waals surface area contributed by atoms with Crippen molar-refractivity contribution < 1.29 is 19.8 Å². The lowest BCUT2D eigenvalue weighted by atomic mass is 10.4. The molecule has 1 heterocycles. The molecular formula is C4H3NO4. The summed E-state index contributed by atoms with van der Waals surface area (Å²) < 4.78 is 0. The Morgan fingerprint density at radius 1 is 1.00 bits per heavy atom. The van der Waals surface area contributed by atoms with E-state index in [0.717, 1.165) is 0 Å². The summed E-state index contributed by atoms with van der Waals surface area (Å²) >= 11 is 0. The van der Waals surface area contributed by atoms with Gasteiger partial charge in [0.1, 0.15) is 0 Å². The van der Waals surface area contributed by atoms with Crippen LogP contribution < -0.4 is 5.32 Å². The maximum absolute atomic E-state index is 10.2. The van der Waals surface area contributed by atoms with Crippen LogP contribution in [0.2, 0.25) is 0 Å². The van der Waals surface area contributed by atoms with Crippen molar-refractivity contribution >= 4 is 11.8 Å². The van der Waals surface area contributed by atoms with E-state index in [1.165, 1.54) is 0 Å². The van der Waals surface area contributed by atoms with Gasteiger partial charge >= 0.3 is 0 Å². The molecule has 3 N–H and O–H groups in total. The maximum atomic E-state index is 10.2. The number of imide groups is 1. The highest BCUT2D eigenvalue weighted by molar-refractivity contribution is 6.16. The molecular weight excluding hydrogens is 126 g/mol. The van der Waals surface area contributed by atoms with Crippen LogP contribution in [0.1, 0.15) is 0 Å². The van der Waals surface area contributed by atoms with E-state index in [4.69, 9.17) is 10.2 Å². The average molecular weight is 129 g/mol. The lowest BCUT2D eigenvalue weighted by Crippen LogP contribution is -2.23. The van der Waals surface area contributed by atoms with Gasteiger partial charge in [0.2, 0.25) is 11.5 Å². The molecule has 48 valence electrons. The molecule has 0 radical (unpaired) electrons. The first-order valence-corrected chi connectivity index (χ1v) is 2.11. The third-order valence-corrected chi connectivity index (χ3v) is 0.882. The molecule has 0 spiro atoms. The van der Waals surface area contributed by atoms with Crippen molar-refractivity contribution in [2.75, 3.05) is 0 Å². The van der Waals surface area contributed by atoms with E-state index < -0.39 is 23.3 Å². The van der Waals surface area contributed by atoms with Crippen LogP contribution in [0.5, 0.6) is 0 Å². The largest absolute Gasteiger partial charge is 0.500 e. The predicted molar refractivity (Wildman–Crippen MR) is 25.4 cm³/mol. The number of rotatable bonds is 0. The normalized spacial score (nSPS) is 18.7. The second-order valence-corrected chi connectivity index (χ2v) is 1.48. The first-order chi connectivity index (χ1) is 4.13. The van der Waals surface area contributed by atoms with Gasteiger partial charge in [-0.05, 0) is 0 Å². The Balaban J connectivity index is 3.06.